The molecular formula is C10H19ClN2O3. The largest absolute Gasteiger partial charge is 0.376 e. The van der Waals surface area contributed by atoms with E-state index < -0.39 is 0 Å². The van der Waals surface area contributed by atoms with Crippen molar-refractivity contribution in [3.05, 3.63) is 0 Å². The molecule has 0 radical (unpaired) electrons. The van der Waals surface area contributed by atoms with Crippen molar-refractivity contribution in [2.75, 3.05) is 39.5 Å². The van der Waals surface area contributed by atoms with Gasteiger partial charge in [0.25, 0.3) is 5.91 Å². The SMILES string of the molecule is C[C@@H]1CNCCN1C(=O)C1COCCO1.Cl. The Hall–Kier alpha value is -0.360. The Morgan fingerprint density at radius 1 is 1.44 bits per heavy atom. The minimum atomic E-state index is -0.390. The van der Waals surface area contributed by atoms with Crippen LogP contribution in [0.15, 0.2) is 0 Å². The molecule has 6 heteroatoms. The highest BCUT2D eigenvalue weighted by atomic mass is 35.5. The molecule has 0 spiro atoms. The number of halogens is 1. The van der Waals surface area contributed by atoms with Gasteiger partial charge in [0.2, 0.25) is 0 Å². The van der Waals surface area contributed by atoms with Crippen molar-refractivity contribution in [2.24, 2.45) is 0 Å². The minimum absolute atomic E-state index is 0. The second kappa shape index (κ2) is 6.39. The molecule has 0 aliphatic carbocycles. The van der Waals surface area contributed by atoms with Crippen LogP contribution >= 0.6 is 12.4 Å². The molecule has 1 N–H and O–H groups in total. The lowest BCUT2D eigenvalue weighted by molar-refractivity contribution is -0.160. The molecule has 1 unspecified atom stereocenters. The normalized spacial score (nSPS) is 30.7. The Labute approximate surface area is 102 Å². The number of nitrogens with one attached hydrogen (secondary N) is 1. The van der Waals surface area contributed by atoms with Crippen LogP contribution in [0, 0.1) is 0 Å². The predicted octanol–water partition coefficient (Wildman–Crippen LogP) is -0.356. The number of ether oxygens (including phenoxy) is 2. The first-order valence-corrected chi connectivity index (χ1v) is 5.49. The molecule has 2 fully saturated rings. The molecule has 0 aromatic carbocycles. The molecule has 0 saturated carbocycles. The van der Waals surface area contributed by atoms with Crippen LogP contribution in [0.3, 0.4) is 0 Å². The van der Waals surface area contributed by atoms with E-state index in [9.17, 15) is 4.79 Å². The summed E-state index contributed by atoms with van der Waals surface area (Å²) >= 11 is 0. The number of hydrogen-bond donors (Lipinski definition) is 1. The van der Waals surface area contributed by atoms with Gasteiger partial charge >= 0.3 is 0 Å². The first-order valence-electron chi connectivity index (χ1n) is 5.49. The summed E-state index contributed by atoms with van der Waals surface area (Å²) in [5.74, 6) is 0.0729. The Morgan fingerprint density at radius 3 is 2.88 bits per heavy atom. The third-order valence-corrected chi connectivity index (χ3v) is 2.88. The Kier molecular flexibility index (Phi) is 5.48. The van der Waals surface area contributed by atoms with Gasteiger partial charge in [-0.3, -0.25) is 4.79 Å². The Morgan fingerprint density at radius 2 is 2.25 bits per heavy atom. The van der Waals surface area contributed by atoms with Crippen LogP contribution in [0.4, 0.5) is 0 Å². The highest BCUT2D eigenvalue weighted by Crippen LogP contribution is 2.10. The van der Waals surface area contributed by atoms with Crippen molar-refractivity contribution in [3.63, 3.8) is 0 Å². The lowest BCUT2D eigenvalue weighted by Crippen LogP contribution is -2.56. The monoisotopic (exact) mass is 250 g/mol. The number of rotatable bonds is 1. The van der Waals surface area contributed by atoms with Crippen LogP contribution < -0.4 is 5.32 Å². The zero-order chi connectivity index (χ0) is 10.7. The smallest absolute Gasteiger partial charge is 0.254 e. The molecule has 2 aliphatic rings. The highest BCUT2D eigenvalue weighted by Gasteiger charge is 2.31. The van der Waals surface area contributed by atoms with Crippen molar-refractivity contribution in [1.82, 2.24) is 10.2 Å². The number of nitrogens with zero attached hydrogens (tertiary/aromatic N) is 1. The second-order valence-electron chi connectivity index (χ2n) is 4.02. The topological polar surface area (TPSA) is 50.8 Å². The fourth-order valence-corrected chi connectivity index (χ4v) is 1.98. The van der Waals surface area contributed by atoms with Crippen molar-refractivity contribution in [2.45, 2.75) is 19.1 Å². The van der Waals surface area contributed by atoms with E-state index in [0.717, 1.165) is 19.6 Å². The summed E-state index contributed by atoms with van der Waals surface area (Å²) < 4.78 is 10.6. The maximum absolute atomic E-state index is 12.1. The van der Waals surface area contributed by atoms with Gasteiger partial charge in [0.05, 0.1) is 19.8 Å². The number of hydrogen-bond acceptors (Lipinski definition) is 4. The zero-order valence-electron chi connectivity index (χ0n) is 9.48. The van der Waals surface area contributed by atoms with E-state index in [1.54, 1.807) is 0 Å². The number of carbonyl (C=O) groups is 1. The van der Waals surface area contributed by atoms with E-state index >= 15 is 0 Å². The van der Waals surface area contributed by atoms with Crippen molar-refractivity contribution >= 4 is 18.3 Å². The summed E-state index contributed by atoms with van der Waals surface area (Å²) in [7, 11) is 0. The fraction of sp³-hybridized carbons (Fsp3) is 0.900. The number of carbonyl (C=O) groups excluding carboxylic acids is 1. The van der Waals surface area contributed by atoms with Crippen molar-refractivity contribution in [1.29, 1.82) is 0 Å². The maximum Gasteiger partial charge on any atom is 0.254 e. The zero-order valence-corrected chi connectivity index (χ0v) is 10.3. The van der Waals surface area contributed by atoms with Gasteiger partial charge in [-0.15, -0.1) is 12.4 Å². The quantitative estimate of drug-likeness (QED) is 0.691. The molecule has 1 amide bonds. The summed E-state index contributed by atoms with van der Waals surface area (Å²) in [6.45, 7) is 6.06. The second-order valence-corrected chi connectivity index (χ2v) is 4.02. The molecule has 0 bridgehead atoms. The number of amides is 1. The van der Waals surface area contributed by atoms with Gasteiger partial charge in [0.1, 0.15) is 0 Å². The lowest BCUT2D eigenvalue weighted by atomic mass is 10.2. The average molecular weight is 251 g/mol. The third kappa shape index (κ3) is 3.07. The van der Waals surface area contributed by atoms with E-state index in [4.69, 9.17) is 9.47 Å². The van der Waals surface area contributed by atoms with Crippen LogP contribution in [0.25, 0.3) is 0 Å². The lowest BCUT2D eigenvalue weighted by Gasteiger charge is -2.36. The van der Waals surface area contributed by atoms with Gasteiger partial charge in [-0.05, 0) is 6.92 Å². The first-order chi connectivity index (χ1) is 7.29. The molecule has 2 rings (SSSR count). The predicted molar refractivity (Wildman–Crippen MR) is 61.9 cm³/mol. The van der Waals surface area contributed by atoms with Gasteiger partial charge in [-0.2, -0.15) is 0 Å². The molecule has 2 aliphatic heterocycles. The van der Waals surface area contributed by atoms with Crippen LogP contribution in [0.1, 0.15) is 6.92 Å². The molecule has 94 valence electrons. The summed E-state index contributed by atoms with van der Waals surface area (Å²) in [4.78, 5) is 13.9. The van der Waals surface area contributed by atoms with Gasteiger partial charge < -0.3 is 19.7 Å². The molecule has 0 aromatic rings. The van der Waals surface area contributed by atoms with Crippen LogP contribution in [0.5, 0.6) is 0 Å². The molecule has 0 aromatic heterocycles. The third-order valence-electron chi connectivity index (χ3n) is 2.88. The van der Waals surface area contributed by atoms with Gasteiger partial charge in [-0.1, -0.05) is 0 Å². The Bertz CT molecular complexity index is 234. The summed E-state index contributed by atoms with van der Waals surface area (Å²) in [5, 5.41) is 3.26. The van der Waals surface area contributed by atoms with E-state index in [1.165, 1.54) is 0 Å². The molecule has 2 heterocycles. The van der Waals surface area contributed by atoms with Crippen LogP contribution in [-0.4, -0.2) is 62.4 Å². The summed E-state index contributed by atoms with van der Waals surface area (Å²) in [6, 6.07) is 0.247. The summed E-state index contributed by atoms with van der Waals surface area (Å²) in [6.07, 6.45) is -0.390. The van der Waals surface area contributed by atoms with E-state index in [1.807, 2.05) is 11.8 Å². The standard InChI is InChI=1S/C10H18N2O3.ClH/c1-8-6-11-2-3-12(8)10(13)9-7-14-4-5-15-9;/h8-9,11H,2-7H2,1H3;1H/t8-,9?;/m1./s1. The molecule has 2 atom stereocenters. The Balaban J connectivity index is 0.00000128. The fourth-order valence-electron chi connectivity index (χ4n) is 1.98. The highest BCUT2D eigenvalue weighted by molar-refractivity contribution is 5.85. The van der Waals surface area contributed by atoms with Gasteiger partial charge in [-0.25, -0.2) is 0 Å². The van der Waals surface area contributed by atoms with Crippen LogP contribution in [0.2, 0.25) is 0 Å². The van der Waals surface area contributed by atoms with Crippen molar-refractivity contribution in [3.8, 4) is 0 Å². The van der Waals surface area contributed by atoms with E-state index in [0.29, 0.717) is 19.8 Å². The minimum Gasteiger partial charge on any atom is -0.376 e. The van der Waals surface area contributed by atoms with Crippen LogP contribution in [-0.2, 0) is 14.3 Å². The summed E-state index contributed by atoms with van der Waals surface area (Å²) in [5.41, 5.74) is 0. The van der Waals surface area contributed by atoms with Gasteiger partial charge in [0, 0.05) is 25.7 Å². The maximum atomic E-state index is 12.1. The molecule has 5 nitrogen and oxygen atoms in total. The van der Waals surface area contributed by atoms with Gasteiger partial charge in [0.15, 0.2) is 6.10 Å². The average Bonchev–Trinajstić information content (AvgIpc) is 2.30. The van der Waals surface area contributed by atoms with E-state index in [2.05, 4.69) is 5.32 Å². The van der Waals surface area contributed by atoms with E-state index in [-0.39, 0.29) is 30.5 Å². The van der Waals surface area contributed by atoms with Crippen molar-refractivity contribution < 1.29 is 14.3 Å². The number of piperazine rings is 1. The molecular weight excluding hydrogens is 232 g/mol. The first kappa shape index (κ1) is 13.7. The molecule has 16 heavy (non-hydrogen) atoms. The molecule has 2 saturated heterocycles.